The quantitative estimate of drug-likeness (QED) is 0.344. The molecule has 6 nitrogen and oxygen atoms in total. The van der Waals surface area contributed by atoms with E-state index in [4.69, 9.17) is 39.8 Å². The average Bonchev–Trinajstić information content (AvgIpc) is 3.27. The molecule has 0 atom stereocenters. The standard InChI is InChI=1S/C25H24Cl2N4O2S/c1-30-12-14-31(15-13-30)22-5-3-2-4-21(22)28-25(34)29-24(32)11-8-18-7-10-23(33-18)19-9-6-17(26)16-20(19)27/h2-11,16H,12-15H2,1H3,(H2,28,29,32,34). The number of carbonyl (C=O) groups excluding carboxylic acids is 1. The monoisotopic (exact) mass is 514 g/mol. The maximum atomic E-state index is 12.4. The lowest BCUT2D eigenvalue weighted by molar-refractivity contribution is -0.115. The van der Waals surface area contributed by atoms with Crippen molar-refractivity contribution in [3.05, 3.63) is 76.5 Å². The predicted molar refractivity (Wildman–Crippen MR) is 144 cm³/mol. The summed E-state index contributed by atoms with van der Waals surface area (Å²) in [5.74, 6) is 0.729. The molecule has 0 bridgehead atoms. The summed E-state index contributed by atoms with van der Waals surface area (Å²) < 4.78 is 5.78. The minimum Gasteiger partial charge on any atom is -0.457 e. The van der Waals surface area contributed by atoms with Crippen LogP contribution in [-0.4, -0.2) is 49.1 Å². The maximum Gasteiger partial charge on any atom is 0.250 e. The van der Waals surface area contributed by atoms with Gasteiger partial charge >= 0.3 is 0 Å². The third-order valence-electron chi connectivity index (χ3n) is 5.46. The van der Waals surface area contributed by atoms with E-state index in [0.717, 1.165) is 43.1 Å². The number of anilines is 2. The normalized spacial score (nSPS) is 14.4. The Balaban J connectivity index is 1.35. The largest absolute Gasteiger partial charge is 0.457 e. The Morgan fingerprint density at radius 1 is 1.06 bits per heavy atom. The van der Waals surface area contributed by atoms with Crippen LogP contribution in [0.2, 0.25) is 10.0 Å². The Bertz CT molecular complexity index is 1220. The third kappa shape index (κ3) is 6.18. The van der Waals surface area contributed by atoms with E-state index in [0.29, 0.717) is 21.6 Å². The second-order valence-corrected chi connectivity index (χ2v) is 9.16. The Hall–Kier alpha value is -2.84. The fourth-order valence-electron chi connectivity index (χ4n) is 3.64. The van der Waals surface area contributed by atoms with E-state index in [9.17, 15) is 4.79 Å². The third-order valence-corrected chi connectivity index (χ3v) is 6.21. The van der Waals surface area contributed by atoms with Gasteiger partial charge in [0.1, 0.15) is 11.5 Å². The van der Waals surface area contributed by atoms with Gasteiger partial charge in [-0.25, -0.2) is 0 Å². The van der Waals surface area contributed by atoms with E-state index in [2.05, 4.69) is 33.5 Å². The Morgan fingerprint density at radius 2 is 1.82 bits per heavy atom. The molecule has 0 radical (unpaired) electrons. The van der Waals surface area contributed by atoms with Crippen LogP contribution in [0.4, 0.5) is 11.4 Å². The van der Waals surface area contributed by atoms with Gasteiger partial charge in [-0.1, -0.05) is 35.3 Å². The number of carbonyl (C=O) groups is 1. The molecule has 2 N–H and O–H groups in total. The molecule has 1 saturated heterocycles. The molecule has 0 aliphatic carbocycles. The summed E-state index contributed by atoms with van der Waals surface area (Å²) >= 11 is 17.6. The summed E-state index contributed by atoms with van der Waals surface area (Å²) in [5.41, 5.74) is 2.64. The van der Waals surface area contributed by atoms with Crippen LogP contribution in [0.1, 0.15) is 5.76 Å². The van der Waals surface area contributed by atoms with E-state index >= 15 is 0 Å². The number of hydrogen-bond acceptors (Lipinski definition) is 5. The molecule has 1 aliphatic rings. The number of nitrogens with zero attached hydrogens (tertiary/aromatic N) is 2. The molecular weight excluding hydrogens is 491 g/mol. The molecule has 1 amide bonds. The van der Waals surface area contributed by atoms with Gasteiger partial charge in [-0.15, -0.1) is 0 Å². The lowest BCUT2D eigenvalue weighted by Crippen LogP contribution is -2.45. The zero-order valence-electron chi connectivity index (χ0n) is 18.6. The van der Waals surface area contributed by atoms with Crippen molar-refractivity contribution in [2.24, 2.45) is 0 Å². The number of piperazine rings is 1. The minimum absolute atomic E-state index is 0.226. The van der Waals surface area contributed by atoms with E-state index < -0.39 is 0 Å². The van der Waals surface area contributed by atoms with Crippen LogP contribution in [0.3, 0.4) is 0 Å². The van der Waals surface area contributed by atoms with Crippen LogP contribution in [0.25, 0.3) is 17.4 Å². The highest BCUT2D eigenvalue weighted by Crippen LogP contribution is 2.32. The highest BCUT2D eigenvalue weighted by atomic mass is 35.5. The molecule has 34 heavy (non-hydrogen) atoms. The molecule has 0 unspecified atom stereocenters. The van der Waals surface area contributed by atoms with Crippen LogP contribution in [0.5, 0.6) is 0 Å². The van der Waals surface area contributed by atoms with Gasteiger partial charge in [0, 0.05) is 42.8 Å². The Morgan fingerprint density at radius 3 is 2.59 bits per heavy atom. The van der Waals surface area contributed by atoms with Crippen molar-refractivity contribution in [1.82, 2.24) is 10.2 Å². The predicted octanol–water partition coefficient (Wildman–Crippen LogP) is 5.53. The molecule has 3 aromatic rings. The smallest absolute Gasteiger partial charge is 0.250 e. The molecule has 0 saturated carbocycles. The number of rotatable bonds is 5. The zero-order chi connectivity index (χ0) is 24.1. The number of nitrogens with one attached hydrogen (secondary N) is 2. The van der Waals surface area contributed by atoms with Gasteiger partial charge in [0.25, 0.3) is 0 Å². The highest BCUT2D eigenvalue weighted by molar-refractivity contribution is 7.80. The molecule has 2 aromatic carbocycles. The summed E-state index contributed by atoms with van der Waals surface area (Å²) in [6.07, 6.45) is 2.94. The first kappa shape index (κ1) is 24.3. The Kier molecular flexibility index (Phi) is 7.90. The van der Waals surface area contributed by atoms with Crippen molar-refractivity contribution in [2.75, 3.05) is 43.4 Å². The van der Waals surface area contributed by atoms with Crippen molar-refractivity contribution in [3.63, 3.8) is 0 Å². The molecule has 1 aromatic heterocycles. The van der Waals surface area contributed by atoms with Crippen molar-refractivity contribution in [2.45, 2.75) is 0 Å². The average molecular weight is 515 g/mol. The number of thiocarbonyl (C=S) groups is 1. The number of hydrogen-bond donors (Lipinski definition) is 2. The molecule has 9 heteroatoms. The summed E-state index contributed by atoms with van der Waals surface area (Å²) in [6.45, 7) is 3.87. The van der Waals surface area contributed by atoms with E-state index in [-0.39, 0.29) is 11.0 Å². The summed E-state index contributed by atoms with van der Waals surface area (Å²) in [6, 6.07) is 16.7. The highest BCUT2D eigenvalue weighted by Gasteiger charge is 2.17. The molecule has 4 rings (SSSR count). The topological polar surface area (TPSA) is 60.8 Å². The van der Waals surface area contributed by atoms with E-state index in [1.807, 2.05) is 18.2 Å². The van der Waals surface area contributed by atoms with Gasteiger partial charge in [-0.05, 0) is 67.8 Å². The van der Waals surface area contributed by atoms with Crippen molar-refractivity contribution < 1.29 is 9.21 Å². The van der Waals surface area contributed by atoms with Crippen molar-refractivity contribution in [3.8, 4) is 11.3 Å². The van der Waals surface area contributed by atoms with E-state index in [1.54, 1.807) is 36.4 Å². The second-order valence-electron chi connectivity index (χ2n) is 7.91. The van der Waals surface area contributed by atoms with Gasteiger partial charge in [-0.2, -0.15) is 0 Å². The van der Waals surface area contributed by atoms with Gasteiger partial charge in [0.05, 0.1) is 16.4 Å². The molecule has 1 fully saturated rings. The summed E-state index contributed by atoms with van der Waals surface area (Å²) in [7, 11) is 2.12. The maximum absolute atomic E-state index is 12.4. The second kappa shape index (κ2) is 11.1. The van der Waals surface area contributed by atoms with Gasteiger partial charge in [0.2, 0.25) is 5.91 Å². The number of furan rings is 1. The number of halogens is 2. The number of amides is 1. The lowest BCUT2D eigenvalue weighted by atomic mass is 10.2. The van der Waals surface area contributed by atoms with Crippen molar-refractivity contribution >= 4 is 63.9 Å². The zero-order valence-corrected chi connectivity index (χ0v) is 20.9. The van der Waals surface area contributed by atoms with Gasteiger partial charge in [-0.3, -0.25) is 10.1 Å². The van der Waals surface area contributed by atoms with Crippen LogP contribution >= 0.6 is 35.4 Å². The molecule has 2 heterocycles. The molecular formula is C25H24Cl2N4O2S. The first-order valence-corrected chi connectivity index (χ1v) is 11.9. The van der Waals surface area contributed by atoms with E-state index in [1.165, 1.54) is 6.08 Å². The number of likely N-dealkylation sites (N-methyl/N-ethyl adjacent to an activating group) is 1. The summed E-state index contributed by atoms with van der Waals surface area (Å²) in [5, 5.41) is 7.09. The van der Waals surface area contributed by atoms with Crippen molar-refractivity contribution in [1.29, 1.82) is 0 Å². The molecule has 176 valence electrons. The van der Waals surface area contributed by atoms with Crippen LogP contribution in [0.15, 0.2) is 65.1 Å². The fraction of sp³-hybridized carbons (Fsp3) is 0.200. The summed E-state index contributed by atoms with van der Waals surface area (Å²) in [4.78, 5) is 17.0. The van der Waals surface area contributed by atoms with Gasteiger partial charge in [0.15, 0.2) is 5.11 Å². The number of benzene rings is 2. The van der Waals surface area contributed by atoms with Crippen LogP contribution in [0, 0.1) is 0 Å². The fourth-order valence-corrected chi connectivity index (χ4v) is 4.36. The lowest BCUT2D eigenvalue weighted by Gasteiger charge is -2.35. The van der Waals surface area contributed by atoms with Gasteiger partial charge < -0.3 is 19.5 Å². The van der Waals surface area contributed by atoms with Crippen LogP contribution in [-0.2, 0) is 4.79 Å². The SMILES string of the molecule is CN1CCN(c2ccccc2NC(=S)NC(=O)C=Cc2ccc(-c3ccc(Cl)cc3Cl)o2)CC1. The first-order valence-electron chi connectivity index (χ1n) is 10.8. The van der Waals surface area contributed by atoms with Crippen LogP contribution < -0.4 is 15.5 Å². The first-order chi connectivity index (χ1) is 16.4. The molecule has 0 spiro atoms. The minimum atomic E-state index is -0.364. The molecule has 1 aliphatic heterocycles. The Labute approximate surface area is 214 Å². The number of para-hydroxylation sites is 2.